The SMILES string of the molecule is Cc1ccc(CNCc2csnn2)c(C)c1.Cl. The van der Waals surface area contributed by atoms with Crippen LogP contribution in [0.1, 0.15) is 22.4 Å². The van der Waals surface area contributed by atoms with Gasteiger partial charge in [0.15, 0.2) is 0 Å². The molecule has 2 rings (SSSR count). The van der Waals surface area contributed by atoms with Crippen molar-refractivity contribution in [3.8, 4) is 0 Å². The molecule has 0 aliphatic heterocycles. The highest BCUT2D eigenvalue weighted by molar-refractivity contribution is 7.03. The molecule has 5 heteroatoms. The Morgan fingerprint density at radius 2 is 2.06 bits per heavy atom. The normalized spacial score (nSPS) is 10.0. The highest BCUT2D eigenvalue weighted by Gasteiger charge is 1.99. The first-order valence-electron chi connectivity index (χ1n) is 5.28. The number of aromatic nitrogens is 2. The number of aryl methyl sites for hydroxylation is 2. The molecule has 0 unspecified atom stereocenters. The van der Waals surface area contributed by atoms with E-state index in [1.165, 1.54) is 28.2 Å². The number of hydrogen-bond donors (Lipinski definition) is 1. The molecule has 0 saturated carbocycles. The number of benzene rings is 1. The topological polar surface area (TPSA) is 37.8 Å². The van der Waals surface area contributed by atoms with E-state index in [4.69, 9.17) is 0 Å². The van der Waals surface area contributed by atoms with Crippen molar-refractivity contribution in [3.63, 3.8) is 0 Å². The van der Waals surface area contributed by atoms with E-state index in [1.54, 1.807) is 0 Å². The molecule has 1 heterocycles. The Bertz CT molecular complexity index is 457. The van der Waals surface area contributed by atoms with Crippen molar-refractivity contribution >= 4 is 23.9 Å². The Morgan fingerprint density at radius 1 is 1.24 bits per heavy atom. The van der Waals surface area contributed by atoms with Crippen molar-refractivity contribution in [2.75, 3.05) is 0 Å². The highest BCUT2D eigenvalue weighted by Crippen LogP contribution is 2.10. The first-order chi connectivity index (χ1) is 7.75. The van der Waals surface area contributed by atoms with E-state index in [0.29, 0.717) is 0 Å². The second-order valence-corrected chi connectivity index (χ2v) is 4.54. The van der Waals surface area contributed by atoms with E-state index in [9.17, 15) is 0 Å². The molecule has 0 fully saturated rings. The van der Waals surface area contributed by atoms with E-state index in [2.05, 4.69) is 47.0 Å². The van der Waals surface area contributed by atoms with E-state index in [1.807, 2.05) is 5.38 Å². The van der Waals surface area contributed by atoms with Crippen molar-refractivity contribution in [1.29, 1.82) is 0 Å². The third kappa shape index (κ3) is 4.07. The summed E-state index contributed by atoms with van der Waals surface area (Å²) in [5.74, 6) is 0. The van der Waals surface area contributed by atoms with Gasteiger partial charge in [-0.2, -0.15) is 0 Å². The molecule has 1 aromatic carbocycles. The number of hydrogen-bond acceptors (Lipinski definition) is 4. The molecule has 92 valence electrons. The zero-order valence-corrected chi connectivity index (χ0v) is 11.6. The van der Waals surface area contributed by atoms with Crippen molar-refractivity contribution in [2.24, 2.45) is 0 Å². The Kier molecular flexibility index (Phi) is 5.55. The summed E-state index contributed by atoms with van der Waals surface area (Å²) in [4.78, 5) is 0. The van der Waals surface area contributed by atoms with Crippen LogP contribution in [0, 0.1) is 13.8 Å². The monoisotopic (exact) mass is 269 g/mol. The fraction of sp³-hybridized carbons (Fsp3) is 0.333. The lowest BCUT2D eigenvalue weighted by Crippen LogP contribution is -2.13. The van der Waals surface area contributed by atoms with Crippen LogP contribution in [-0.4, -0.2) is 9.59 Å². The lowest BCUT2D eigenvalue weighted by atomic mass is 10.1. The fourth-order valence-electron chi connectivity index (χ4n) is 1.63. The summed E-state index contributed by atoms with van der Waals surface area (Å²) in [7, 11) is 0. The third-order valence-electron chi connectivity index (χ3n) is 2.52. The number of halogens is 1. The van der Waals surface area contributed by atoms with Gasteiger partial charge >= 0.3 is 0 Å². The predicted octanol–water partition coefficient (Wildman–Crippen LogP) is 2.87. The Morgan fingerprint density at radius 3 is 2.71 bits per heavy atom. The van der Waals surface area contributed by atoms with Crippen molar-refractivity contribution in [1.82, 2.24) is 14.9 Å². The molecule has 0 saturated heterocycles. The lowest BCUT2D eigenvalue weighted by Gasteiger charge is -2.07. The summed E-state index contributed by atoms with van der Waals surface area (Å²) in [6.45, 7) is 5.92. The summed E-state index contributed by atoms with van der Waals surface area (Å²) in [6, 6.07) is 6.53. The van der Waals surface area contributed by atoms with Crippen molar-refractivity contribution in [2.45, 2.75) is 26.9 Å². The van der Waals surface area contributed by atoms with Gasteiger partial charge in [-0.25, -0.2) is 0 Å². The molecule has 0 spiro atoms. The van der Waals surface area contributed by atoms with Gasteiger partial charge in [-0.05, 0) is 36.5 Å². The first kappa shape index (κ1) is 14.1. The fourth-order valence-corrected chi connectivity index (χ4v) is 2.08. The van der Waals surface area contributed by atoms with Gasteiger partial charge in [-0.1, -0.05) is 28.3 Å². The van der Waals surface area contributed by atoms with Crippen LogP contribution in [0.25, 0.3) is 0 Å². The molecule has 0 bridgehead atoms. The zero-order chi connectivity index (χ0) is 11.4. The number of rotatable bonds is 4. The van der Waals surface area contributed by atoms with E-state index < -0.39 is 0 Å². The zero-order valence-electron chi connectivity index (χ0n) is 9.93. The smallest absolute Gasteiger partial charge is 0.0893 e. The molecule has 2 aromatic rings. The van der Waals surface area contributed by atoms with Crippen LogP contribution in [0.5, 0.6) is 0 Å². The van der Waals surface area contributed by atoms with Crippen LogP contribution in [0.15, 0.2) is 23.6 Å². The molecule has 0 amide bonds. The van der Waals surface area contributed by atoms with Crippen LogP contribution in [0.2, 0.25) is 0 Å². The molecule has 3 nitrogen and oxygen atoms in total. The van der Waals surface area contributed by atoms with Gasteiger partial charge in [-0.3, -0.25) is 0 Å². The maximum absolute atomic E-state index is 3.99. The Labute approximate surface area is 112 Å². The largest absolute Gasteiger partial charge is 0.307 e. The molecule has 1 aromatic heterocycles. The van der Waals surface area contributed by atoms with Crippen molar-refractivity contribution in [3.05, 3.63) is 46.0 Å². The van der Waals surface area contributed by atoms with E-state index >= 15 is 0 Å². The first-order valence-corrected chi connectivity index (χ1v) is 6.12. The minimum Gasteiger partial charge on any atom is -0.307 e. The van der Waals surface area contributed by atoms with Crippen LogP contribution < -0.4 is 5.32 Å². The van der Waals surface area contributed by atoms with E-state index in [-0.39, 0.29) is 12.4 Å². The van der Waals surface area contributed by atoms with Crippen LogP contribution in [0.4, 0.5) is 0 Å². The van der Waals surface area contributed by atoms with Gasteiger partial charge in [0.25, 0.3) is 0 Å². The number of nitrogens with one attached hydrogen (secondary N) is 1. The molecule has 0 aliphatic rings. The maximum atomic E-state index is 3.99. The average Bonchev–Trinajstić information content (AvgIpc) is 2.74. The van der Waals surface area contributed by atoms with Gasteiger partial charge in [0, 0.05) is 18.5 Å². The van der Waals surface area contributed by atoms with Gasteiger partial charge < -0.3 is 5.32 Å². The molecule has 17 heavy (non-hydrogen) atoms. The molecule has 0 radical (unpaired) electrons. The summed E-state index contributed by atoms with van der Waals surface area (Å²) in [6.07, 6.45) is 0. The predicted molar refractivity (Wildman–Crippen MR) is 73.6 cm³/mol. The van der Waals surface area contributed by atoms with Gasteiger partial charge in [0.1, 0.15) is 0 Å². The maximum Gasteiger partial charge on any atom is 0.0893 e. The van der Waals surface area contributed by atoms with Gasteiger partial charge in [0.05, 0.1) is 5.69 Å². The summed E-state index contributed by atoms with van der Waals surface area (Å²) >= 11 is 1.39. The molecular formula is C12H16ClN3S. The molecule has 0 aliphatic carbocycles. The standard InChI is InChI=1S/C12H15N3S.ClH/c1-9-3-4-11(10(2)5-9)6-13-7-12-8-16-15-14-12;/h3-5,8,13H,6-7H2,1-2H3;1H. The molecular weight excluding hydrogens is 254 g/mol. The van der Waals surface area contributed by atoms with Gasteiger partial charge in [0.2, 0.25) is 0 Å². The summed E-state index contributed by atoms with van der Waals surface area (Å²) < 4.78 is 3.83. The van der Waals surface area contributed by atoms with Crippen LogP contribution in [-0.2, 0) is 13.1 Å². The quantitative estimate of drug-likeness (QED) is 0.928. The minimum absolute atomic E-state index is 0. The average molecular weight is 270 g/mol. The molecule has 1 N–H and O–H groups in total. The van der Waals surface area contributed by atoms with Gasteiger partial charge in [-0.15, -0.1) is 17.5 Å². The van der Waals surface area contributed by atoms with Crippen LogP contribution in [0.3, 0.4) is 0 Å². The Balaban J connectivity index is 0.00000144. The van der Waals surface area contributed by atoms with E-state index in [0.717, 1.165) is 18.8 Å². The number of nitrogens with zero attached hydrogens (tertiary/aromatic N) is 2. The summed E-state index contributed by atoms with van der Waals surface area (Å²) in [5.41, 5.74) is 5.00. The second-order valence-electron chi connectivity index (χ2n) is 3.93. The minimum atomic E-state index is 0. The highest BCUT2D eigenvalue weighted by atomic mass is 35.5. The van der Waals surface area contributed by atoms with Crippen LogP contribution >= 0.6 is 23.9 Å². The second kappa shape index (κ2) is 6.69. The summed E-state index contributed by atoms with van der Waals surface area (Å²) in [5, 5.41) is 9.33. The lowest BCUT2D eigenvalue weighted by molar-refractivity contribution is 0.675. The van der Waals surface area contributed by atoms with Crippen molar-refractivity contribution < 1.29 is 0 Å². The Hall–Kier alpha value is -0.970. The molecule has 0 atom stereocenters. The third-order valence-corrected chi connectivity index (χ3v) is 3.08.